The average Bonchev–Trinajstić information content (AvgIpc) is 3.20. The van der Waals surface area contributed by atoms with Crippen LogP contribution in [0.25, 0.3) is 0 Å². The Hall–Kier alpha value is -0.730. The van der Waals surface area contributed by atoms with Crippen molar-refractivity contribution in [1.82, 2.24) is 10.2 Å². The van der Waals surface area contributed by atoms with Crippen molar-refractivity contribution in [2.75, 3.05) is 6.54 Å². The number of rotatable bonds is 4. The van der Waals surface area contributed by atoms with Crippen LogP contribution in [0.15, 0.2) is 0 Å². The van der Waals surface area contributed by atoms with Crippen molar-refractivity contribution in [3.05, 3.63) is 0 Å². The molecule has 0 spiro atoms. The Balaban J connectivity index is 1.50. The van der Waals surface area contributed by atoms with Gasteiger partial charge in [0.15, 0.2) is 0 Å². The maximum absolute atomic E-state index is 12.3. The highest BCUT2D eigenvalue weighted by atomic mass is 16.2. The minimum atomic E-state index is 0.228. The summed E-state index contributed by atoms with van der Waals surface area (Å²) >= 11 is 0. The van der Waals surface area contributed by atoms with E-state index in [1.807, 2.05) is 0 Å². The van der Waals surface area contributed by atoms with Crippen LogP contribution >= 0.6 is 0 Å². The molecule has 0 bridgehead atoms. The molecule has 0 aromatic heterocycles. The van der Waals surface area contributed by atoms with E-state index in [-0.39, 0.29) is 6.03 Å². The van der Waals surface area contributed by atoms with E-state index in [4.69, 9.17) is 0 Å². The second kappa shape index (κ2) is 4.87. The summed E-state index contributed by atoms with van der Waals surface area (Å²) < 4.78 is 0. The molecule has 0 aromatic rings. The van der Waals surface area contributed by atoms with Crippen LogP contribution in [0.5, 0.6) is 0 Å². The third-order valence-corrected chi connectivity index (χ3v) is 4.33. The van der Waals surface area contributed by atoms with Crippen LogP contribution in [0, 0.1) is 5.92 Å². The minimum absolute atomic E-state index is 0.228. The number of carbonyl (C=O) groups excluding carboxylic acids is 1. The summed E-state index contributed by atoms with van der Waals surface area (Å²) in [5.74, 6) is 0.813. The Morgan fingerprint density at radius 1 is 1.00 bits per heavy atom. The van der Waals surface area contributed by atoms with Crippen molar-refractivity contribution in [3.8, 4) is 0 Å². The molecule has 0 aromatic carbocycles. The minimum Gasteiger partial charge on any atom is -0.335 e. The summed E-state index contributed by atoms with van der Waals surface area (Å²) in [5.41, 5.74) is 0. The van der Waals surface area contributed by atoms with Gasteiger partial charge in [-0.15, -0.1) is 0 Å². The van der Waals surface area contributed by atoms with E-state index in [2.05, 4.69) is 10.2 Å². The van der Waals surface area contributed by atoms with Crippen molar-refractivity contribution in [2.24, 2.45) is 5.92 Å². The van der Waals surface area contributed by atoms with E-state index in [0.29, 0.717) is 12.1 Å². The molecule has 3 heteroatoms. The van der Waals surface area contributed by atoms with Crippen molar-refractivity contribution in [3.63, 3.8) is 0 Å². The topological polar surface area (TPSA) is 32.3 Å². The highest BCUT2D eigenvalue weighted by Gasteiger charge is 2.37. The van der Waals surface area contributed by atoms with Gasteiger partial charge < -0.3 is 10.2 Å². The van der Waals surface area contributed by atoms with Crippen LogP contribution in [-0.4, -0.2) is 29.6 Å². The fourth-order valence-electron chi connectivity index (χ4n) is 2.87. The molecule has 1 N–H and O–H groups in total. The monoisotopic (exact) mass is 236 g/mol. The van der Waals surface area contributed by atoms with Crippen LogP contribution < -0.4 is 5.32 Å². The molecule has 3 saturated carbocycles. The molecular formula is C14H24N2O. The van der Waals surface area contributed by atoms with Gasteiger partial charge in [0.2, 0.25) is 0 Å². The summed E-state index contributed by atoms with van der Waals surface area (Å²) in [5, 5.41) is 3.26. The van der Waals surface area contributed by atoms with E-state index in [1.54, 1.807) is 0 Å². The molecule has 17 heavy (non-hydrogen) atoms. The Labute approximate surface area is 104 Å². The molecule has 0 saturated heterocycles. The zero-order valence-corrected chi connectivity index (χ0v) is 10.7. The predicted octanol–water partition coefficient (Wildman–Crippen LogP) is 2.90. The quantitative estimate of drug-likeness (QED) is 0.799. The number of hydrogen-bond acceptors (Lipinski definition) is 1. The van der Waals surface area contributed by atoms with Crippen LogP contribution in [0.2, 0.25) is 0 Å². The highest BCUT2D eigenvalue weighted by Crippen LogP contribution is 2.35. The van der Waals surface area contributed by atoms with E-state index in [1.165, 1.54) is 57.8 Å². The summed E-state index contributed by atoms with van der Waals surface area (Å²) in [6.07, 6.45) is 11.4. The Bertz CT molecular complexity index is 278. The summed E-state index contributed by atoms with van der Waals surface area (Å²) in [7, 11) is 0. The molecule has 0 unspecified atom stereocenters. The van der Waals surface area contributed by atoms with Gasteiger partial charge in [-0.3, -0.25) is 0 Å². The first-order valence-electron chi connectivity index (χ1n) is 7.40. The first-order chi connectivity index (χ1) is 8.33. The van der Waals surface area contributed by atoms with Crippen LogP contribution in [-0.2, 0) is 0 Å². The summed E-state index contributed by atoms with van der Waals surface area (Å²) in [4.78, 5) is 14.4. The third kappa shape index (κ3) is 3.14. The molecular weight excluding hydrogens is 212 g/mol. The standard InChI is InChI=1S/C14H24N2O/c17-14(15-12-4-2-1-3-5-12)16(13-8-9-13)10-11-6-7-11/h11-13H,1-10H2,(H,15,17). The van der Waals surface area contributed by atoms with Crippen molar-refractivity contribution >= 4 is 6.03 Å². The van der Waals surface area contributed by atoms with Gasteiger partial charge in [-0.2, -0.15) is 0 Å². The van der Waals surface area contributed by atoms with Gasteiger partial charge in [-0.05, 0) is 44.4 Å². The maximum atomic E-state index is 12.3. The maximum Gasteiger partial charge on any atom is 0.317 e. The number of nitrogens with zero attached hydrogens (tertiary/aromatic N) is 1. The second-order valence-electron chi connectivity index (χ2n) is 6.11. The van der Waals surface area contributed by atoms with Crippen LogP contribution in [0.1, 0.15) is 57.8 Å². The molecule has 3 fully saturated rings. The predicted molar refractivity (Wildman–Crippen MR) is 67.9 cm³/mol. The highest BCUT2D eigenvalue weighted by molar-refractivity contribution is 5.75. The lowest BCUT2D eigenvalue weighted by Gasteiger charge is -2.28. The zero-order chi connectivity index (χ0) is 11.7. The van der Waals surface area contributed by atoms with E-state index in [0.717, 1.165) is 12.5 Å². The second-order valence-corrected chi connectivity index (χ2v) is 6.11. The van der Waals surface area contributed by atoms with E-state index >= 15 is 0 Å². The van der Waals surface area contributed by atoms with E-state index < -0.39 is 0 Å². The van der Waals surface area contributed by atoms with Gasteiger partial charge >= 0.3 is 6.03 Å². The molecule has 3 aliphatic rings. The van der Waals surface area contributed by atoms with Gasteiger partial charge in [0.1, 0.15) is 0 Å². The number of amides is 2. The van der Waals surface area contributed by atoms with Crippen LogP contribution in [0.4, 0.5) is 4.79 Å². The zero-order valence-electron chi connectivity index (χ0n) is 10.7. The molecule has 96 valence electrons. The largest absolute Gasteiger partial charge is 0.335 e. The lowest BCUT2D eigenvalue weighted by molar-refractivity contribution is 0.184. The SMILES string of the molecule is O=C(NC1CCCCC1)N(CC1CC1)C1CC1. The normalized spacial score (nSPS) is 25.6. The Morgan fingerprint density at radius 2 is 1.71 bits per heavy atom. The van der Waals surface area contributed by atoms with Gasteiger partial charge in [-0.25, -0.2) is 4.79 Å². The lowest BCUT2D eigenvalue weighted by atomic mass is 9.96. The Morgan fingerprint density at radius 3 is 2.29 bits per heavy atom. The fourth-order valence-corrected chi connectivity index (χ4v) is 2.87. The van der Waals surface area contributed by atoms with Gasteiger partial charge in [0.05, 0.1) is 0 Å². The molecule has 3 nitrogen and oxygen atoms in total. The Kier molecular flexibility index (Phi) is 3.26. The van der Waals surface area contributed by atoms with Gasteiger partial charge in [0.25, 0.3) is 0 Å². The number of hydrogen-bond donors (Lipinski definition) is 1. The van der Waals surface area contributed by atoms with E-state index in [9.17, 15) is 4.79 Å². The molecule has 2 amide bonds. The molecule has 0 atom stereocenters. The van der Waals surface area contributed by atoms with Gasteiger partial charge in [-0.1, -0.05) is 19.3 Å². The van der Waals surface area contributed by atoms with Gasteiger partial charge in [0, 0.05) is 18.6 Å². The van der Waals surface area contributed by atoms with Crippen molar-refractivity contribution < 1.29 is 4.79 Å². The number of urea groups is 1. The lowest BCUT2D eigenvalue weighted by Crippen LogP contribution is -2.47. The molecule has 0 heterocycles. The third-order valence-electron chi connectivity index (χ3n) is 4.33. The smallest absolute Gasteiger partial charge is 0.317 e. The van der Waals surface area contributed by atoms with Crippen molar-refractivity contribution in [2.45, 2.75) is 69.9 Å². The first-order valence-corrected chi connectivity index (χ1v) is 7.40. The first kappa shape index (κ1) is 11.4. The number of carbonyl (C=O) groups is 1. The molecule has 3 aliphatic carbocycles. The average molecular weight is 236 g/mol. The fraction of sp³-hybridized carbons (Fsp3) is 0.929. The summed E-state index contributed by atoms with van der Waals surface area (Å²) in [6.45, 7) is 1.02. The summed E-state index contributed by atoms with van der Waals surface area (Å²) in [6, 6.07) is 1.25. The molecule has 0 radical (unpaired) electrons. The van der Waals surface area contributed by atoms with Crippen LogP contribution in [0.3, 0.4) is 0 Å². The molecule has 0 aliphatic heterocycles. The number of nitrogens with one attached hydrogen (secondary N) is 1. The van der Waals surface area contributed by atoms with Crippen molar-refractivity contribution in [1.29, 1.82) is 0 Å². The molecule has 3 rings (SSSR count).